The monoisotopic (exact) mass is 391 g/mol. The molecular formula is C16H13N3O5S2. The lowest BCUT2D eigenvalue weighted by molar-refractivity contribution is -0.112. The van der Waals surface area contributed by atoms with E-state index in [1.807, 2.05) is 0 Å². The molecule has 0 aliphatic carbocycles. The molecule has 0 radical (unpaired) electrons. The van der Waals surface area contributed by atoms with Gasteiger partial charge in [0.25, 0.3) is 10.0 Å². The van der Waals surface area contributed by atoms with Gasteiger partial charge in [-0.2, -0.15) is 4.31 Å². The van der Waals surface area contributed by atoms with E-state index in [4.69, 9.17) is 8.94 Å². The predicted molar refractivity (Wildman–Crippen MR) is 93.8 cm³/mol. The van der Waals surface area contributed by atoms with E-state index in [9.17, 15) is 13.2 Å². The van der Waals surface area contributed by atoms with Gasteiger partial charge >= 0.3 is 0 Å². The minimum atomic E-state index is -3.66. The van der Waals surface area contributed by atoms with Crippen LogP contribution in [0.2, 0.25) is 0 Å². The fourth-order valence-corrected chi connectivity index (χ4v) is 5.40. The van der Waals surface area contributed by atoms with Crippen LogP contribution in [0, 0.1) is 0 Å². The van der Waals surface area contributed by atoms with Gasteiger partial charge in [-0.05, 0) is 18.2 Å². The molecule has 0 aromatic carbocycles. The number of carbonyl (C=O) groups excluding carboxylic acids is 1. The second-order valence-electron chi connectivity index (χ2n) is 5.52. The highest BCUT2D eigenvalue weighted by atomic mass is 32.2. The Bertz CT molecular complexity index is 1060. The van der Waals surface area contributed by atoms with Crippen LogP contribution in [0.1, 0.15) is 11.3 Å². The average Bonchev–Trinajstić information content (AvgIpc) is 3.35. The summed E-state index contributed by atoms with van der Waals surface area (Å²) in [6, 6.07) is 6.54. The minimum absolute atomic E-state index is 0.108. The lowest BCUT2D eigenvalue weighted by Gasteiger charge is -2.14. The Kier molecular flexibility index (Phi) is 4.02. The standard InChI is InChI=1S/C16H13N3O5S2/c1-2-14(20)18-15-7-10-8-19(9-12(10)23-15)26(21,22)16-4-3-13(25-16)11-5-6-17-24-11/h2-7H,1,8-9H2,(H,18,20). The molecule has 4 heterocycles. The van der Waals surface area contributed by atoms with E-state index in [1.165, 1.54) is 10.5 Å². The minimum Gasteiger partial charge on any atom is -0.444 e. The molecule has 26 heavy (non-hydrogen) atoms. The fourth-order valence-electron chi connectivity index (χ4n) is 2.61. The normalized spacial score (nSPS) is 14.3. The molecule has 0 saturated carbocycles. The highest BCUT2D eigenvalue weighted by Crippen LogP contribution is 2.36. The van der Waals surface area contributed by atoms with Crippen LogP contribution in [0.25, 0.3) is 10.6 Å². The molecular weight excluding hydrogens is 378 g/mol. The van der Waals surface area contributed by atoms with Crippen molar-refractivity contribution in [2.75, 3.05) is 5.32 Å². The van der Waals surface area contributed by atoms with Gasteiger partial charge in [-0.25, -0.2) is 8.42 Å². The summed E-state index contributed by atoms with van der Waals surface area (Å²) in [6.45, 7) is 3.66. The Labute approximate surface area is 152 Å². The topological polar surface area (TPSA) is 106 Å². The van der Waals surface area contributed by atoms with Crippen molar-refractivity contribution in [2.24, 2.45) is 0 Å². The molecule has 0 fully saturated rings. The van der Waals surface area contributed by atoms with Crippen LogP contribution in [-0.4, -0.2) is 23.8 Å². The van der Waals surface area contributed by atoms with E-state index >= 15 is 0 Å². The van der Waals surface area contributed by atoms with Gasteiger partial charge in [-0.1, -0.05) is 11.7 Å². The second-order valence-corrected chi connectivity index (χ2v) is 8.77. The van der Waals surface area contributed by atoms with Crippen LogP contribution in [0.3, 0.4) is 0 Å². The molecule has 134 valence electrons. The number of aromatic nitrogens is 1. The van der Waals surface area contributed by atoms with Gasteiger partial charge in [-0.3, -0.25) is 10.1 Å². The molecule has 1 N–H and O–H groups in total. The summed E-state index contributed by atoms with van der Waals surface area (Å²) in [5, 5.41) is 6.15. The molecule has 8 nitrogen and oxygen atoms in total. The first-order valence-corrected chi connectivity index (χ1v) is 9.79. The molecule has 0 spiro atoms. The third-order valence-corrected chi connectivity index (χ3v) is 7.21. The molecule has 10 heteroatoms. The summed E-state index contributed by atoms with van der Waals surface area (Å²) in [6.07, 6.45) is 2.64. The van der Waals surface area contributed by atoms with E-state index in [1.54, 1.807) is 24.3 Å². The number of furan rings is 1. The number of nitrogens with one attached hydrogen (secondary N) is 1. The van der Waals surface area contributed by atoms with Crippen LogP contribution in [-0.2, 0) is 27.9 Å². The van der Waals surface area contributed by atoms with Crippen LogP contribution >= 0.6 is 11.3 Å². The maximum atomic E-state index is 12.9. The van der Waals surface area contributed by atoms with Crippen molar-refractivity contribution in [3.63, 3.8) is 0 Å². The number of thiophene rings is 1. The van der Waals surface area contributed by atoms with Crippen LogP contribution in [0.5, 0.6) is 0 Å². The summed E-state index contributed by atoms with van der Waals surface area (Å²) in [4.78, 5) is 12.0. The highest BCUT2D eigenvalue weighted by molar-refractivity contribution is 7.91. The van der Waals surface area contributed by atoms with Crippen molar-refractivity contribution in [1.29, 1.82) is 0 Å². The zero-order valence-corrected chi connectivity index (χ0v) is 15.0. The number of fused-ring (bicyclic) bond motifs is 1. The fraction of sp³-hybridized carbons (Fsp3) is 0.125. The largest absolute Gasteiger partial charge is 0.444 e. The summed E-state index contributed by atoms with van der Waals surface area (Å²) >= 11 is 1.12. The van der Waals surface area contributed by atoms with Gasteiger partial charge < -0.3 is 8.94 Å². The molecule has 0 bridgehead atoms. The van der Waals surface area contributed by atoms with Crippen LogP contribution in [0.4, 0.5) is 5.88 Å². The Hall–Kier alpha value is -2.69. The number of amides is 1. The van der Waals surface area contributed by atoms with E-state index in [0.717, 1.165) is 23.0 Å². The second kappa shape index (κ2) is 6.24. The molecule has 1 aliphatic heterocycles. The van der Waals surface area contributed by atoms with Crippen molar-refractivity contribution >= 4 is 33.2 Å². The van der Waals surface area contributed by atoms with Gasteiger partial charge in [0.15, 0.2) is 11.6 Å². The third kappa shape index (κ3) is 2.87. The van der Waals surface area contributed by atoms with Gasteiger partial charge in [0.1, 0.15) is 9.97 Å². The number of sulfonamides is 1. The summed E-state index contributed by atoms with van der Waals surface area (Å²) in [5.74, 6) is 0.924. The van der Waals surface area contributed by atoms with Crippen molar-refractivity contribution in [3.05, 3.63) is 54.4 Å². The number of anilines is 1. The summed E-state index contributed by atoms with van der Waals surface area (Å²) in [7, 11) is -3.66. The molecule has 0 saturated heterocycles. The van der Waals surface area contributed by atoms with Crippen LogP contribution in [0.15, 0.2) is 56.3 Å². The zero-order valence-electron chi connectivity index (χ0n) is 13.3. The molecule has 1 amide bonds. The predicted octanol–water partition coefficient (Wildman–Crippen LogP) is 2.83. The maximum absolute atomic E-state index is 12.9. The Morgan fingerprint density at radius 2 is 2.19 bits per heavy atom. The lowest BCUT2D eigenvalue weighted by Crippen LogP contribution is -2.25. The van der Waals surface area contributed by atoms with E-state index < -0.39 is 10.0 Å². The average molecular weight is 391 g/mol. The van der Waals surface area contributed by atoms with E-state index in [0.29, 0.717) is 16.4 Å². The van der Waals surface area contributed by atoms with Crippen LogP contribution < -0.4 is 5.32 Å². The molecule has 0 unspecified atom stereocenters. The van der Waals surface area contributed by atoms with Gasteiger partial charge in [0.05, 0.1) is 17.6 Å². The first-order valence-electron chi connectivity index (χ1n) is 7.53. The SMILES string of the molecule is C=CC(=O)Nc1cc2c(o1)CN(S(=O)(=O)c1ccc(-c3ccno3)s1)C2. The van der Waals surface area contributed by atoms with E-state index in [-0.39, 0.29) is 29.1 Å². The number of hydrogen-bond acceptors (Lipinski definition) is 7. The molecule has 3 aromatic heterocycles. The first kappa shape index (κ1) is 16.8. The van der Waals surface area contributed by atoms with Crippen molar-refractivity contribution in [3.8, 4) is 10.6 Å². The molecule has 4 rings (SSSR count). The van der Waals surface area contributed by atoms with Crippen molar-refractivity contribution in [2.45, 2.75) is 17.3 Å². The molecule has 0 atom stereocenters. The smallest absolute Gasteiger partial charge is 0.253 e. The Morgan fingerprint density at radius 1 is 1.35 bits per heavy atom. The number of nitrogens with zero attached hydrogens (tertiary/aromatic N) is 2. The molecule has 3 aromatic rings. The lowest BCUT2D eigenvalue weighted by atomic mass is 10.3. The Balaban J connectivity index is 1.53. The highest BCUT2D eigenvalue weighted by Gasteiger charge is 2.34. The number of carbonyl (C=O) groups is 1. The molecule has 1 aliphatic rings. The number of hydrogen-bond donors (Lipinski definition) is 1. The quantitative estimate of drug-likeness (QED) is 0.671. The summed E-state index contributed by atoms with van der Waals surface area (Å²) in [5.41, 5.74) is 0.722. The van der Waals surface area contributed by atoms with Gasteiger partial charge in [-0.15, -0.1) is 11.3 Å². The van der Waals surface area contributed by atoms with Gasteiger partial charge in [0.2, 0.25) is 5.91 Å². The Morgan fingerprint density at radius 3 is 2.88 bits per heavy atom. The third-order valence-electron chi connectivity index (χ3n) is 3.85. The maximum Gasteiger partial charge on any atom is 0.253 e. The zero-order chi connectivity index (χ0) is 18.3. The van der Waals surface area contributed by atoms with Crippen molar-refractivity contribution < 1.29 is 22.2 Å². The van der Waals surface area contributed by atoms with Gasteiger partial charge in [0, 0.05) is 24.2 Å². The van der Waals surface area contributed by atoms with E-state index in [2.05, 4.69) is 17.1 Å². The first-order chi connectivity index (χ1) is 12.5. The number of rotatable bonds is 5. The van der Waals surface area contributed by atoms with Crippen molar-refractivity contribution in [1.82, 2.24) is 9.46 Å². The summed E-state index contributed by atoms with van der Waals surface area (Å²) < 4.78 is 37.8.